The number of anilines is 1. The first kappa shape index (κ1) is 14.7. The lowest BCUT2D eigenvalue weighted by molar-refractivity contribution is -0.125. The van der Waals surface area contributed by atoms with Crippen molar-refractivity contribution in [3.63, 3.8) is 0 Å². The van der Waals surface area contributed by atoms with Crippen molar-refractivity contribution in [2.24, 2.45) is 0 Å². The van der Waals surface area contributed by atoms with Gasteiger partial charge in [-0.3, -0.25) is 4.79 Å². The van der Waals surface area contributed by atoms with E-state index in [0.717, 1.165) is 18.5 Å². The predicted octanol–water partition coefficient (Wildman–Crippen LogP) is 3.39. The van der Waals surface area contributed by atoms with Crippen LogP contribution in [0, 0.1) is 0 Å². The van der Waals surface area contributed by atoms with Gasteiger partial charge in [0.25, 0.3) is 0 Å². The molecule has 0 aliphatic carbocycles. The highest BCUT2D eigenvalue weighted by Gasteiger charge is 2.13. The van der Waals surface area contributed by atoms with Gasteiger partial charge in [0.15, 0.2) is 0 Å². The summed E-state index contributed by atoms with van der Waals surface area (Å²) in [6, 6.07) is 7.90. The maximum Gasteiger partial charge on any atom is 0.250 e. The summed E-state index contributed by atoms with van der Waals surface area (Å²) >= 11 is 0. The SMILES string of the molecule is CCCc1ccccc1NC(=O)COC(C)(C)C. The zero-order valence-corrected chi connectivity index (χ0v) is 11.7. The van der Waals surface area contributed by atoms with Crippen LogP contribution in [0.15, 0.2) is 24.3 Å². The van der Waals surface area contributed by atoms with E-state index in [2.05, 4.69) is 12.2 Å². The lowest BCUT2D eigenvalue weighted by atomic mass is 10.1. The maximum atomic E-state index is 11.8. The Morgan fingerprint density at radius 3 is 2.56 bits per heavy atom. The molecule has 1 N–H and O–H groups in total. The summed E-state index contributed by atoms with van der Waals surface area (Å²) in [5, 5.41) is 2.90. The molecular formula is C15H23NO2. The average molecular weight is 249 g/mol. The summed E-state index contributed by atoms with van der Waals surface area (Å²) in [7, 11) is 0. The zero-order valence-electron chi connectivity index (χ0n) is 11.7. The van der Waals surface area contributed by atoms with Gasteiger partial charge in [-0.1, -0.05) is 31.5 Å². The molecule has 0 aliphatic heterocycles. The molecule has 1 aromatic carbocycles. The van der Waals surface area contributed by atoms with Crippen molar-refractivity contribution in [3.8, 4) is 0 Å². The van der Waals surface area contributed by atoms with E-state index in [-0.39, 0.29) is 18.1 Å². The molecule has 0 aromatic heterocycles. The largest absolute Gasteiger partial charge is 0.366 e. The van der Waals surface area contributed by atoms with Gasteiger partial charge in [0.2, 0.25) is 5.91 Å². The van der Waals surface area contributed by atoms with Crippen molar-refractivity contribution >= 4 is 11.6 Å². The van der Waals surface area contributed by atoms with Gasteiger partial charge in [-0.05, 0) is 38.8 Å². The Labute approximate surface area is 110 Å². The number of carbonyl (C=O) groups excluding carboxylic acids is 1. The van der Waals surface area contributed by atoms with Crippen molar-refractivity contribution in [2.75, 3.05) is 11.9 Å². The van der Waals surface area contributed by atoms with Gasteiger partial charge < -0.3 is 10.1 Å². The third kappa shape index (κ3) is 5.32. The monoisotopic (exact) mass is 249 g/mol. The number of para-hydroxylation sites is 1. The topological polar surface area (TPSA) is 38.3 Å². The first-order valence-corrected chi connectivity index (χ1v) is 6.44. The van der Waals surface area contributed by atoms with Crippen LogP contribution in [0.1, 0.15) is 39.7 Å². The zero-order chi connectivity index (χ0) is 13.6. The number of nitrogens with one attached hydrogen (secondary N) is 1. The van der Waals surface area contributed by atoms with Crippen molar-refractivity contribution < 1.29 is 9.53 Å². The number of benzene rings is 1. The number of aryl methyl sites for hydroxylation is 1. The molecule has 1 aromatic rings. The van der Waals surface area contributed by atoms with Crippen LogP contribution < -0.4 is 5.32 Å². The summed E-state index contributed by atoms with van der Waals surface area (Å²) < 4.78 is 5.45. The average Bonchev–Trinajstić information content (AvgIpc) is 2.29. The summed E-state index contributed by atoms with van der Waals surface area (Å²) in [6.07, 6.45) is 2.03. The van der Waals surface area contributed by atoms with Gasteiger partial charge in [0.05, 0.1) is 5.60 Å². The molecular weight excluding hydrogens is 226 g/mol. The minimum atomic E-state index is -0.291. The van der Waals surface area contributed by atoms with E-state index < -0.39 is 0 Å². The second-order valence-corrected chi connectivity index (χ2v) is 5.36. The van der Waals surface area contributed by atoms with Crippen LogP contribution in [-0.2, 0) is 16.0 Å². The minimum absolute atomic E-state index is 0.0873. The molecule has 0 aliphatic rings. The summed E-state index contributed by atoms with van der Waals surface area (Å²) in [6.45, 7) is 8.02. The fraction of sp³-hybridized carbons (Fsp3) is 0.533. The first-order chi connectivity index (χ1) is 8.42. The number of ether oxygens (including phenoxy) is 1. The van der Waals surface area contributed by atoms with E-state index >= 15 is 0 Å². The van der Waals surface area contributed by atoms with Crippen LogP contribution >= 0.6 is 0 Å². The second-order valence-electron chi connectivity index (χ2n) is 5.36. The van der Waals surface area contributed by atoms with Crippen LogP contribution in [0.5, 0.6) is 0 Å². The maximum absolute atomic E-state index is 11.8. The van der Waals surface area contributed by atoms with Crippen LogP contribution in [0.4, 0.5) is 5.69 Å². The van der Waals surface area contributed by atoms with E-state index in [4.69, 9.17) is 4.74 Å². The molecule has 1 rings (SSSR count). The van der Waals surface area contributed by atoms with E-state index in [0.29, 0.717) is 0 Å². The lowest BCUT2D eigenvalue weighted by Crippen LogP contribution is -2.27. The van der Waals surface area contributed by atoms with E-state index in [1.165, 1.54) is 5.56 Å². The number of rotatable bonds is 5. The molecule has 3 nitrogen and oxygen atoms in total. The van der Waals surface area contributed by atoms with Crippen molar-refractivity contribution in [2.45, 2.75) is 46.1 Å². The first-order valence-electron chi connectivity index (χ1n) is 6.44. The van der Waals surface area contributed by atoms with Crippen LogP contribution in [0.2, 0.25) is 0 Å². The van der Waals surface area contributed by atoms with Crippen molar-refractivity contribution in [1.29, 1.82) is 0 Å². The molecule has 1 amide bonds. The molecule has 0 bridgehead atoms. The molecule has 0 unspecified atom stereocenters. The van der Waals surface area contributed by atoms with Gasteiger partial charge in [-0.15, -0.1) is 0 Å². The Hall–Kier alpha value is -1.35. The molecule has 0 atom stereocenters. The minimum Gasteiger partial charge on any atom is -0.366 e. The highest BCUT2D eigenvalue weighted by atomic mass is 16.5. The molecule has 0 fully saturated rings. The molecule has 0 radical (unpaired) electrons. The van der Waals surface area contributed by atoms with Gasteiger partial charge >= 0.3 is 0 Å². The summed E-state index contributed by atoms with van der Waals surface area (Å²) in [5.74, 6) is -0.103. The molecule has 0 saturated carbocycles. The van der Waals surface area contributed by atoms with Gasteiger partial charge in [0.1, 0.15) is 6.61 Å². The second kappa shape index (κ2) is 6.55. The van der Waals surface area contributed by atoms with Crippen LogP contribution in [0.3, 0.4) is 0 Å². The summed E-state index contributed by atoms with van der Waals surface area (Å²) in [4.78, 5) is 11.8. The van der Waals surface area contributed by atoms with E-state index in [9.17, 15) is 4.79 Å². The fourth-order valence-electron chi connectivity index (χ4n) is 1.60. The molecule has 18 heavy (non-hydrogen) atoms. The van der Waals surface area contributed by atoms with Gasteiger partial charge in [-0.25, -0.2) is 0 Å². The van der Waals surface area contributed by atoms with Crippen LogP contribution in [-0.4, -0.2) is 18.1 Å². The quantitative estimate of drug-likeness (QED) is 0.868. The standard InChI is InChI=1S/C15H23NO2/c1-5-8-12-9-6-7-10-13(12)16-14(17)11-18-15(2,3)4/h6-7,9-10H,5,8,11H2,1-4H3,(H,16,17). The third-order valence-electron chi connectivity index (χ3n) is 2.45. The molecule has 0 spiro atoms. The van der Waals surface area contributed by atoms with Gasteiger partial charge in [-0.2, -0.15) is 0 Å². The molecule has 0 heterocycles. The normalized spacial score (nSPS) is 11.3. The van der Waals surface area contributed by atoms with Gasteiger partial charge in [0, 0.05) is 5.69 Å². The Morgan fingerprint density at radius 2 is 1.94 bits per heavy atom. The molecule has 100 valence electrons. The van der Waals surface area contributed by atoms with Crippen molar-refractivity contribution in [3.05, 3.63) is 29.8 Å². The Morgan fingerprint density at radius 1 is 1.28 bits per heavy atom. The molecule has 3 heteroatoms. The summed E-state index contributed by atoms with van der Waals surface area (Å²) in [5.41, 5.74) is 1.77. The van der Waals surface area contributed by atoms with Crippen molar-refractivity contribution in [1.82, 2.24) is 0 Å². The highest BCUT2D eigenvalue weighted by molar-refractivity contribution is 5.92. The van der Waals surface area contributed by atoms with E-state index in [1.807, 2.05) is 45.0 Å². The smallest absolute Gasteiger partial charge is 0.250 e. The number of hydrogen-bond donors (Lipinski definition) is 1. The molecule has 0 saturated heterocycles. The number of carbonyl (C=O) groups is 1. The number of hydrogen-bond acceptors (Lipinski definition) is 2. The Balaban J connectivity index is 2.59. The number of amides is 1. The fourth-order valence-corrected chi connectivity index (χ4v) is 1.60. The highest BCUT2D eigenvalue weighted by Crippen LogP contribution is 2.17. The predicted molar refractivity (Wildman–Crippen MR) is 74.8 cm³/mol. The van der Waals surface area contributed by atoms with Crippen LogP contribution in [0.25, 0.3) is 0 Å². The lowest BCUT2D eigenvalue weighted by Gasteiger charge is -2.19. The Kier molecular flexibility index (Phi) is 5.35. The third-order valence-corrected chi connectivity index (χ3v) is 2.45. The Bertz CT molecular complexity index is 394. The van der Waals surface area contributed by atoms with E-state index in [1.54, 1.807) is 0 Å².